The highest BCUT2D eigenvalue weighted by Crippen LogP contribution is 2.50. The van der Waals surface area contributed by atoms with Crippen molar-refractivity contribution in [2.75, 3.05) is 26.2 Å². The number of aromatic nitrogens is 4. The lowest BCUT2D eigenvalue weighted by molar-refractivity contribution is -0.136. The second-order valence-corrected chi connectivity index (χ2v) is 8.68. The van der Waals surface area contributed by atoms with Gasteiger partial charge in [0.1, 0.15) is 5.69 Å². The van der Waals surface area contributed by atoms with Crippen LogP contribution in [0.1, 0.15) is 41.4 Å². The number of hydrogen-bond donors (Lipinski definition) is 0. The van der Waals surface area contributed by atoms with Gasteiger partial charge in [0, 0.05) is 58.6 Å². The summed E-state index contributed by atoms with van der Waals surface area (Å²) in [7, 11) is 3.74. The lowest BCUT2D eigenvalue weighted by atomic mass is 9.75. The van der Waals surface area contributed by atoms with E-state index in [-0.39, 0.29) is 17.7 Å². The van der Waals surface area contributed by atoms with Gasteiger partial charge in [0.25, 0.3) is 5.91 Å². The molecule has 3 fully saturated rings. The van der Waals surface area contributed by atoms with Crippen molar-refractivity contribution in [2.45, 2.75) is 25.2 Å². The van der Waals surface area contributed by atoms with Crippen LogP contribution < -0.4 is 0 Å². The lowest BCUT2D eigenvalue weighted by Gasteiger charge is -2.27. The van der Waals surface area contributed by atoms with Crippen LogP contribution in [0.15, 0.2) is 24.8 Å². The average molecular weight is 382 g/mol. The molecule has 1 spiro atoms. The molecule has 0 unspecified atom stereocenters. The Morgan fingerprint density at radius 3 is 2.79 bits per heavy atom. The largest absolute Gasteiger partial charge is 0.342 e. The molecule has 4 heterocycles. The van der Waals surface area contributed by atoms with E-state index in [9.17, 15) is 9.59 Å². The molecular weight excluding hydrogens is 356 g/mol. The Labute approximate surface area is 164 Å². The second kappa shape index (κ2) is 6.18. The maximum Gasteiger partial charge on any atom is 0.274 e. The molecule has 2 atom stereocenters. The Balaban J connectivity index is 1.46. The van der Waals surface area contributed by atoms with E-state index in [1.807, 2.05) is 22.7 Å². The third-order valence-electron chi connectivity index (χ3n) is 6.56. The van der Waals surface area contributed by atoms with Gasteiger partial charge in [-0.1, -0.05) is 0 Å². The number of carbonyl (C=O) groups is 2. The van der Waals surface area contributed by atoms with Crippen LogP contribution in [0.4, 0.5) is 0 Å². The molecule has 2 saturated heterocycles. The highest BCUT2D eigenvalue weighted by molar-refractivity contribution is 5.94. The zero-order valence-corrected chi connectivity index (χ0v) is 16.4. The van der Waals surface area contributed by atoms with Crippen LogP contribution in [-0.4, -0.2) is 67.1 Å². The van der Waals surface area contributed by atoms with Gasteiger partial charge in [-0.05, 0) is 31.2 Å². The minimum Gasteiger partial charge on any atom is -0.342 e. The standard InChI is InChI=1S/C20H26N6O2/c1-23-11-17(21-13-23)15-10-26(18(27)16-5-7-24(2)22-16)12-20(15)6-8-25(19(20)28)9-14-3-4-14/h5,7,11,13-15H,3-4,6,8-10,12H2,1-2H3/t15-,20-/m1/s1. The fourth-order valence-corrected chi connectivity index (χ4v) is 4.86. The average Bonchev–Trinajstić information content (AvgIpc) is 3.01. The fourth-order valence-electron chi connectivity index (χ4n) is 4.86. The molecule has 2 aromatic rings. The van der Waals surface area contributed by atoms with Crippen LogP contribution in [0.5, 0.6) is 0 Å². The molecule has 0 bridgehead atoms. The van der Waals surface area contributed by atoms with E-state index < -0.39 is 5.41 Å². The first kappa shape index (κ1) is 17.5. The van der Waals surface area contributed by atoms with Crippen LogP contribution in [0.25, 0.3) is 0 Å². The minimum absolute atomic E-state index is 0.0712. The van der Waals surface area contributed by atoms with Gasteiger partial charge >= 0.3 is 0 Å². The number of rotatable bonds is 4. The molecule has 148 valence electrons. The first-order valence-corrected chi connectivity index (χ1v) is 10.0. The lowest BCUT2D eigenvalue weighted by Crippen LogP contribution is -2.41. The molecule has 2 aliphatic heterocycles. The quantitative estimate of drug-likeness (QED) is 0.791. The van der Waals surface area contributed by atoms with E-state index in [0.717, 1.165) is 25.2 Å². The zero-order valence-electron chi connectivity index (χ0n) is 16.4. The van der Waals surface area contributed by atoms with Crippen molar-refractivity contribution in [1.29, 1.82) is 0 Å². The maximum atomic E-state index is 13.5. The Morgan fingerprint density at radius 2 is 2.14 bits per heavy atom. The molecule has 28 heavy (non-hydrogen) atoms. The van der Waals surface area contributed by atoms with Gasteiger partial charge in [0.2, 0.25) is 5.91 Å². The van der Waals surface area contributed by atoms with Gasteiger partial charge in [-0.3, -0.25) is 14.3 Å². The predicted molar refractivity (Wildman–Crippen MR) is 101 cm³/mol. The van der Waals surface area contributed by atoms with E-state index in [0.29, 0.717) is 24.7 Å². The summed E-state index contributed by atoms with van der Waals surface area (Å²) in [6.45, 7) is 2.60. The first-order chi connectivity index (χ1) is 13.5. The van der Waals surface area contributed by atoms with Crippen LogP contribution in [0.2, 0.25) is 0 Å². The molecule has 5 rings (SSSR count). The van der Waals surface area contributed by atoms with Crippen molar-refractivity contribution in [1.82, 2.24) is 29.1 Å². The van der Waals surface area contributed by atoms with Crippen molar-refractivity contribution in [2.24, 2.45) is 25.4 Å². The van der Waals surface area contributed by atoms with Gasteiger partial charge in [0.15, 0.2) is 0 Å². The number of nitrogens with zero attached hydrogens (tertiary/aromatic N) is 6. The summed E-state index contributed by atoms with van der Waals surface area (Å²) in [5.74, 6) is 0.691. The summed E-state index contributed by atoms with van der Waals surface area (Å²) in [6.07, 6.45) is 8.76. The van der Waals surface area contributed by atoms with Crippen LogP contribution in [0, 0.1) is 11.3 Å². The summed E-state index contributed by atoms with van der Waals surface area (Å²) >= 11 is 0. The molecule has 1 saturated carbocycles. The number of likely N-dealkylation sites (tertiary alicyclic amines) is 2. The number of imidazole rings is 1. The van der Waals surface area contributed by atoms with Gasteiger partial charge in [-0.2, -0.15) is 5.10 Å². The normalized spacial score (nSPS) is 27.4. The van der Waals surface area contributed by atoms with Crippen LogP contribution in [-0.2, 0) is 18.9 Å². The summed E-state index contributed by atoms with van der Waals surface area (Å²) in [6, 6.07) is 1.74. The van der Waals surface area contributed by atoms with Gasteiger partial charge in [0.05, 0.1) is 17.4 Å². The molecule has 8 nitrogen and oxygen atoms in total. The van der Waals surface area contributed by atoms with Crippen molar-refractivity contribution < 1.29 is 9.59 Å². The fraction of sp³-hybridized carbons (Fsp3) is 0.600. The minimum atomic E-state index is -0.562. The van der Waals surface area contributed by atoms with E-state index >= 15 is 0 Å². The highest BCUT2D eigenvalue weighted by atomic mass is 16.2. The number of carbonyl (C=O) groups excluding carboxylic acids is 2. The SMILES string of the molecule is Cn1cnc([C@H]2CN(C(=O)c3ccn(C)n3)C[C@]23CCN(CC2CC2)C3=O)c1. The van der Waals surface area contributed by atoms with Crippen molar-refractivity contribution in [3.8, 4) is 0 Å². The predicted octanol–water partition coefficient (Wildman–Crippen LogP) is 1.02. The van der Waals surface area contributed by atoms with Crippen LogP contribution >= 0.6 is 0 Å². The van der Waals surface area contributed by atoms with E-state index in [2.05, 4.69) is 10.1 Å². The third-order valence-corrected chi connectivity index (χ3v) is 6.56. The molecule has 0 radical (unpaired) electrons. The molecule has 3 aliphatic rings. The Hall–Kier alpha value is -2.64. The number of hydrogen-bond acceptors (Lipinski definition) is 4. The van der Waals surface area contributed by atoms with Crippen molar-refractivity contribution in [3.63, 3.8) is 0 Å². The smallest absolute Gasteiger partial charge is 0.274 e. The Bertz CT molecular complexity index is 929. The first-order valence-electron chi connectivity index (χ1n) is 10.0. The van der Waals surface area contributed by atoms with E-state index in [4.69, 9.17) is 0 Å². The molecule has 1 aliphatic carbocycles. The summed E-state index contributed by atoms with van der Waals surface area (Å²) in [4.78, 5) is 35.0. The van der Waals surface area contributed by atoms with Crippen molar-refractivity contribution >= 4 is 11.8 Å². The molecular formula is C20H26N6O2. The summed E-state index contributed by atoms with van der Waals surface area (Å²) in [5.41, 5.74) is 0.772. The second-order valence-electron chi connectivity index (χ2n) is 8.68. The zero-order chi connectivity index (χ0) is 19.5. The van der Waals surface area contributed by atoms with E-state index in [1.165, 1.54) is 12.8 Å². The van der Waals surface area contributed by atoms with Crippen molar-refractivity contribution in [3.05, 3.63) is 36.2 Å². The molecule has 2 aromatic heterocycles. The van der Waals surface area contributed by atoms with Gasteiger partial charge in [-0.15, -0.1) is 0 Å². The third kappa shape index (κ3) is 2.73. The monoisotopic (exact) mass is 382 g/mol. The molecule has 2 amide bonds. The Morgan fingerprint density at radius 1 is 1.32 bits per heavy atom. The van der Waals surface area contributed by atoms with Gasteiger partial charge < -0.3 is 14.4 Å². The van der Waals surface area contributed by atoms with Crippen LogP contribution in [0.3, 0.4) is 0 Å². The van der Waals surface area contributed by atoms with Gasteiger partial charge in [-0.25, -0.2) is 4.98 Å². The summed E-state index contributed by atoms with van der Waals surface area (Å²) < 4.78 is 3.54. The maximum absolute atomic E-state index is 13.5. The number of aryl methyl sites for hydroxylation is 2. The number of amides is 2. The Kier molecular flexibility index (Phi) is 3.86. The topological polar surface area (TPSA) is 76.3 Å². The molecule has 0 N–H and O–H groups in total. The molecule has 0 aromatic carbocycles. The summed E-state index contributed by atoms with van der Waals surface area (Å²) in [5, 5.41) is 4.26. The highest BCUT2D eigenvalue weighted by Gasteiger charge is 2.59. The van der Waals surface area contributed by atoms with E-state index in [1.54, 1.807) is 35.2 Å². The molecule has 8 heteroatoms.